The fourth-order valence-electron chi connectivity index (χ4n) is 12.2. The van der Waals surface area contributed by atoms with E-state index >= 15 is 0 Å². The van der Waals surface area contributed by atoms with Crippen LogP contribution in [0.5, 0.6) is 0 Å². The third kappa shape index (κ3) is 6.34. The molecule has 1 aliphatic rings. The molecule has 3 aromatic heterocycles. The zero-order valence-corrected chi connectivity index (χ0v) is 40.9. The van der Waals surface area contributed by atoms with Crippen LogP contribution in [0.25, 0.3) is 88.1 Å². The van der Waals surface area contributed by atoms with Crippen LogP contribution in [0.2, 0.25) is 0 Å². The quantitative estimate of drug-likeness (QED) is 0.152. The van der Waals surface area contributed by atoms with Crippen molar-refractivity contribution in [1.29, 1.82) is 10.5 Å². The maximum Gasteiger partial charge on any atom is 0.145 e. The number of fused-ring (bicyclic) bond motifs is 14. The van der Waals surface area contributed by atoms with Crippen LogP contribution in [0.4, 0.5) is 34.1 Å². The molecular formula is C69H42N6O. The molecule has 7 nitrogen and oxygen atoms in total. The van der Waals surface area contributed by atoms with Gasteiger partial charge in [0.2, 0.25) is 0 Å². The van der Waals surface area contributed by atoms with Crippen LogP contribution in [-0.4, -0.2) is 9.13 Å². The van der Waals surface area contributed by atoms with E-state index in [0.717, 1.165) is 106 Å². The van der Waals surface area contributed by atoms with Gasteiger partial charge in [0.15, 0.2) is 0 Å². The second kappa shape index (κ2) is 17.0. The number of hydrogen-bond donors (Lipinski definition) is 0. The van der Waals surface area contributed by atoms with Gasteiger partial charge in [-0.3, -0.25) is 0 Å². The predicted molar refractivity (Wildman–Crippen MR) is 309 cm³/mol. The summed E-state index contributed by atoms with van der Waals surface area (Å²) in [7, 11) is 0. The average molecular weight is 971 g/mol. The Hall–Kier alpha value is -10.6. The molecule has 0 unspecified atom stereocenters. The lowest BCUT2D eigenvalue weighted by atomic mass is 10.0. The standard InChI is InChI=1S/C69H42N6O/c70-42-45-41-63(75-59-38-36-54-53-29-15-16-34-64(53)76-69(54)66(59)56-31-18-33-61(68(56)75)73(49-24-9-3-10-25-49)50-26-11-4-12-27-50)46(43-71)40-62(45)74-58-37-35-52-51-28-14-13-19-44(51)39-57(52)65(58)55-30-17-32-60(67(55)74)72(47-20-5-1-6-21-47)48-22-7-2-8-23-48/h1-38,40-41H,39H2. The van der Waals surface area contributed by atoms with Gasteiger partial charge in [0.25, 0.3) is 0 Å². The van der Waals surface area contributed by atoms with Crippen LogP contribution in [0, 0.1) is 22.7 Å². The number of aromatic nitrogens is 2. The van der Waals surface area contributed by atoms with Crippen LogP contribution < -0.4 is 9.80 Å². The first-order chi connectivity index (χ1) is 37.7. The molecule has 0 aliphatic heterocycles. The minimum atomic E-state index is 0.405. The molecule has 0 N–H and O–H groups in total. The molecule has 7 heteroatoms. The van der Waals surface area contributed by atoms with Gasteiger partial charge < -0.3 is 23.4 Å². The Kier molecular flexibility index (Phi) is 9.62. The summed E-state index contributed by atoms with van der Waals surface area (Å²) in [5.41, 5.74) is 17.9. The van der Waals surface area contributed by atoms with Crippen molar-refractivity contribution in [3.8, 4) is 34.6 Å². The fourth-order valence-corrected chi connectivity index (χ4v) is 12.2. The predicted octanol–water partition coefficient (Wildman–Crippen LogP) is 18.0. The lowest BCUT2D eigenvalue weighted by Crippen LogP contribution is -2.12. The van der Waals surface area contributed by atoms with Crippen LogP contribution in [0.15, 0.2) is 247 Å². The van der Waals surface area contributed by atoms with Crippen molar-refractivity contribution in [3.05, 3.63) is 265 Å². The first-order valence-corrected chi connectivity index (χ1v) is 25.5. The molecule has 14 aromatic rings. The number of nitrogens with zero attached hydrogens (tertiary/aromatic N) is 6. The van der Waals surface area contributed by atoms with Gasteiger partial charge in [-0.15, -0.1) is 0 Å². The molecule has 15 rings (SSSR count). The van der Waals surface area contributed by atoms with Crippen molar-refractivity contribution >= 4 is 99.7 Å². The number of benzene rings is 11. The first kappa shape index (κ1) is 43.0. The topological polar surface area (TPSA) is 77.1 Å². The fraction of sp³-hybridized carbons (Fsp3) is 0.0145. The van der Waals surface area contributed by atoms with Crippen molar-refractivity contribution in [2.24, 2.45) is 0 Å². The number of anilines is 6. The monoisotopic (exact) mass is 970 g/mol. The van der Waals surface area contributed by atoms with Gasteiger partial charge in [0.1, 0.15) is 23.3 Å². The average Bonchev–Trinajstić information content (AvgIpc) is 4.25. The van der Waals surface area contributed by atoms with Gasteiger partial charge in [-0.2, -0.15) is 10.5 Å². The van der Waals surface area contributed by atoms with E-state index in [9.17, 15) is 10.5 Å². The largest absolute Gasteiger partial charge is 0.455 e. The van der Waals surface area contributed by atoms with E-state index in [1.54, 1.807) is 0 Å². The maximum atomic E-state index is 11.8. The van der Waals surface area contributed by atoms with Crippen molar-refractivity contribution in [1.82, 2.24) is 9.13 Å². The Morgan fingerprint density at radius 3 is 1.41 bits per heavy atom. The molecule has 76 heavy (non-hydrogen) atoms. The van der Waals surface area contributed by atoms with E-state index in [4.69, 9.17) is 4.42 Å². The van der Waals surface area contributed by atoms with Crippen LogP contribution in [-0.2, 0) is 6.42 Å². The smallest absolute Gasteiger partial charge is 0.145 e. The van der Waals surface area contributed by atoms with E-state index in [0.29, 0.717) is 22.5 Å². The van der Waals surface area contributed by atoms with Crippen molar-refractivity contribution < 1.29 is 4.42 Å². The highest BCUT2D eigenvalue weighted by Gasteiger charge is 2.30. The van der Waals surface area contributed by atoms with Gasteiger partial charge in [0, 0.05) is 49.7 Å². The molecule has 0 spiro atoms. The Morgan fingerprint density at radius 1 is 0.395 bits per heavy atom. The Morgan fingerprint density at radius 2 is 0.855 bits per heavy atom. The summed E-state index contributed by atoms with van der Waals surface area (Å²) in [6.45, 7) is 0. The summed E-state index contributed by atoms with van der Waals surface area (Å²) in [5, 5.41) is 29.6. The third-order valence-electron chi connectivity index (χ3n) is 15.4. The van der Waals surface area contributed by atoms with Gasteiger partial charge in [-0.05, 0) is 126 Å². The van der Waals surface area contributed by atoms with Gasteiger partial charge in [-0.1, -0.05) is 146 Å². The summed E-state index contributed by atoms with van der Waals surface area (Å²) in [5.74, 6) is 0. The third-order valence-corrected chi connectivity index (χ3v) is 15.4. The minimum absolute atomic E-state index is 0.405. The summed E-state index contributed by atoms with van der Waals surface area (Å²) >= 11 is 0. The summed E-state index contributed by atoms with van der Waals surface area (Å²) in [6.07, 6.45) is 0.776. The van der Waals surface area contributed by atoms with E-state index in [2.05, 4.69) is 219 Å². The number of furan rings is 1. The molecule has 3 heterocycles. The summed E-state index contributed by atoms with van der Waals surface area (Å²) in [4.78, 5) is 4.56. The van der Waals surface area contributed by atoms with Gasteiger partial charge in [0.05, 0.1) is 61.3 Å². The highest BCUT2D eigenvalue weighted by atomic mass is 16.3. The molecule has 0 saturated heterocycles. The zero-order valence-electron chi connectivity index (χ0n) is 40.9. The highest BCUT2D eigenvalue weighted by Crippen LogP contribution is 2.51. The van der Waals surface area contributed by atoms with E-state index in [-0.39, 0.29) is 0 Å². The van der Waals surface area contributed by atoms with Crippen LogP contribution in [0.3, 0.4) is 0 Å². The Bertz CT molecular complexity index is 4670. The van der Waals surface area contributed by atoms with Crippen LogP contribution >= 0.6 is 0 Å². The maximum absolute atomic E-state index is 11.8. The van der Waals surface area contributed by atoms with E-state index < -0.39 is 0 Å². The lowest BCUT2D eigenvalue weighted by molar-refractivity contribution is 0.673. The zero-order chi connectivity index (χ0) is 50.4. The number of rotatable bonds is 8. The van der Waals surface area contributed by atoms with Crippen LogP contribution in [0.1, 0.15) is 22.3 Å². The SMILES string of the molecule is N#Cc1cc(-n2c3ccc4c5ccccc5oc4c3c3cccc(N(c4ccccc4)c4ccccc4)c32)c(C#N)cc1-n1c2ccc3c(c2c2cccc(N(c4ccccc4)c4ccccc4)c21)Cc1ccccc1-3. The van der Waals surface area contributed by atoms with Crippen molar-refractivity contribution in [3.63, 3.8) is 0 Å². The molecule has 11 aromatic carbocycles. The molecule has 0 atom stereocenters. The highest BCUT2D eigenvalue weighted by molar-refractivity contribution is 6.26. The molecule has 0 saturated carbocycles. The molecule has 354 valence electrons. The molecule has 0 amide bonds. The second-order valence-electron chi connectivity index (χ2n) is 19.4. The number of para-hydroxylation sites is 7. The van der Waals surface area contributed by atoms with Gasteiger partial charge in [-0.25, -0.2) is 0 Å². The van der Waals surface area contributed by atoms with E-state index in [1.165, 1.54) is 22.3 Å². The first-order valence-electron chi connectivity index (χ1n) is 25.5. The number of nitriles is 2. The number of hydrogen-bond acceptors (Lipinski definition) is 5. The normalized spacial score (nSPS) is 11.9. The molecular weight excluding hydrogens is 929 g/mol. The van der Waals surface area contributed by atoms with E-state index in [1.807, 2.05) is 54.6 Å². The molecule has 0 bridgehead atoms. The lowest BCUT2D eigenvalue weighted by Gasteiger charge is -2.27. The Labute approximate surface area is 437 Å². The van der Waals surface area contributed by atoms with Gasteiger partial charge >= 0.3 is 0 Å². The molecule has 1 aliphatic carbocycles. The molecule has 0 radical (unpaired) electrons. The summed E-state index contributed by atoms with van der Waals surface area (Å²) in [6, 6.07) is 89.3. The Balaban J connectivity index is 1.06. The summed E-state index contributed by atoms with van der Waals surface area (Å²) < 4.78 is 11.3. The van der Waals surface area contributed by atoms with Crippen molar-refractivity contribution in [2.75, 3.05) is 9.80 Å². The minimum Gasteiger partial charge on any atom is -0.455 e. The van der Waals surface area contributed by atoms with Crippen molar-refractivity contribution in [2.45, 2.75) is 6.42 Å². The molecule has 0 fully saturated rings. The second-order valence-corrected chi connectivity index (χ2v) is 19.4.